The Morgan fingerprint density at radius 3 is 2.30 bits per heavy atom. The molecule has 1 amide bonds. The van der Waals surface area contributed by atoms with Crippen LogP contribution in [0.25, 0.3) is 0 Å². The van der Waals surface area contributed by atoms with Gasteiger partial charge >= 0.3 is 6.18 Å². The lowest BCUT2D eigenvalue weighted by molar-refractivity contribution is -0.184. The largest absolute Gasteiger partial charge is 0.493 e. The summed E-state index contributed by atoms with van der Waals surface area (Å²) in [6.07, 6.45) is 0.310. The van der Waals surface area contributed by atoms with Crippen molar-refractivity contribution >= 4 is 16.9 Å². The maximum absolute atomic E-state index is 14.6. The highest BCUT2D eigenvalue weighted by atomic mass is 32.2. The topological polar surface area (TPSA) is 55.4 Å². The first-order chi connectivity index (χ1) is 14.2. The monoisotopic (exact) mass is 447 g/mol. The number of benzene rings is 1. The molecule has 9 heteroatoms. The van der Waals surface area contributed by atoms with Crippen LogP contribution in [0.5, 0.6) is 5.75 Å². The molecule has 0 spiro atoms. The minimum Gasteiger partial charge on any atom is -0.493 e. The fourth-order valence-electron chi connectivity index (χ4n) is 3.96. The predicted molar refractivity (Wildman–Crippen MR) is 104 cm³/mol. The zero-order chi connectivity index (χ0) is 21.5. The Bertz CT molecular complexity index is 828. The van der Waals surface area contributed by atoms with Crippen molar-refractivity contribution in [2.75, 3.05) is 6.61 Å². The number of carbonyl (C=O) groups is 1. The maximum atomic E-state index is 14.6. The molecule has 0 bridgehead atoms. The Hall–Kier alpha value is -1.64. The van der Waals surface area contributed by atoms with Crippen molar-refractivity contribution in [2.24, 2.45) is 11.8 Å². The van der Waals surface area contributed by atoms with Crippen molar-refractivity contribution in [3.05, 3.63) is 29.1 Å². The number of hydrogen-bond donors (Lipinski definition) is 1. The van der Waals surface area contributed by atoms with E-state index in [0.717, 1.165) is 31.2 Å². The summed E-state index contributed by atoms with van der Waals surface area (Å²) in [5.74, 6) is -2.15. The van der Waals surface area contributed by atoms with Crippen LogP contribution in [-0.4, -0.2) is 28.1 Å². The van der Waals surface area contributed by atoms with E-state index >= 15 is 0 Å². The molecule has 30 heavy (non-hydrogen) atoms. The normalized spacial score (nSPS) is 25.6. The molecule has 0 radical (unpaired) electrons. The van der Waals surface area contributed by atoms with Crippen LogP contribution in [-0.2, 0) is 11.0 Å². The average molecular weight is 447 g/mol. The van der Waals surface area contributed by atoms with Crippen LogP contribution in [0.4, 0.5) is 17.6 Å². The van der Waals surface area contributed by atoms with Crippen LogP contribution in [0.15, 0.2) is 12.1 Å². The molecule has 4 rings (SSSR count). The minimum atomic E-state index is -4.15. The van der Waals surface area contributed by atoms with Gasteiger partial charge in [0.25, 0.3) is 5.91 Å². The van der Waals surface area contributed by atoms with E-state index in [9.17, 15) is 26.6 Å². The van der Waals surface area contributed by atoms with Gasteiger partial charge in [0.1, 0.15) is 22.6 Å². The van der Waals surface area contributed by atoms with E-state index < -0.39 is 34.8 Å². The van der Waals surface area contributed by atoms with E-state index in [0.29, 0.717) is 18.6 Å². The van der Waals surface area contributed by atoms with Gasteiger partial charge in [-0.1, -0.05) is 0 Å². The van der Waals surface area contributed by atoms with Crippen LogP contribution >= 0.6 is 0 Å². The summed E-state index contributed by atoms with van der Waals surface area (Å²) in [4.78, 5) is 12.4. The third kappa shape index (κ3) is 5.15. The number of ether oxygens (including phenoxy) is 1. The van der Waals surface area contributed by atoms with Crippen molar-refractivity contribution < 1.29 is 31.3 Å². The summed E-state index contributed by atoms with van der Waals surface area (Å²) in [5.41, 5.74) is 0.590. The van der Waals surface area contributed by atoms with E-state index in [1.807, 2.05) is 0 Å². The first kappa shape index (κ1) is 21.6. The summed E-state index contributed by atoms with van der Waals surface area (Å²) < 4.78 is 73.2. The molecule has 1 aromatic carbocycles. The lowest BCUT2D eigenvalue weighted by Crippen LogP contribution is -2.29. The lowest BCUT2D eigenvalue weighted by Gasteiger charge is -2.30. The molecule has 3 fully saturated rings. The molecule has 3 saturated carbocycles. The molecule has 166 valence electrons. The molecule has 1 N–H and O–H groups in total. The Labute approximate surface area is 175 Å². The third-order valence-corrected chi connectivity index (χ3v) is 7.63. The second-order valence-electron chi connectivity index (χ2n) is 8.64. The van der Waals surface area contributed by atoms with Crippen LogP contribution in [0.3, 0.4) is 0 Å². The maximum Gasteiger partial charge on any atom is 0.391 e. The highest BCUT2D eigenvalue weighted by Gasteiger charge is 2.41. The first-order valence-corrected chi connectivity index (χ1v) is 11.7. The van der Waals surface area contributed by atoms with Gasteiger partial charge in [0.05, 0.1) is 23.3 Å². The predicted octanol–water partition coefficient (Wildman–Crippen LogP) is 5.01. The van der Waals surface area contributed by atoms with Crippen LogP contribution < -0.4 is 9.46 Å². The van der Waals surface area contributed by atoms with E-state index in [1.54, 1.807) is 0 Å². The Balaban J connectivity index is 1.40. The molecular weight excluding hydrogens is 422 g/mol. The highest BCUT2D eigenvalue weighted by Crippen LogP contribution is 2.46. The number of amides is 1. The van der Waals surface area contributed by atoms with Gasteiger partial charge < -0.3 is 4.74 Å². The van der Waals surface area contributed by atoms with Crippen LogP contribution in [0.2, 0.25) is 0 Å². The number of hydrogen-bond acceptors (Lipinski definition) is 3. The molecule has 1 atom stereocenters. The van der Waals surface area contributed by atoms with E-state index in [-0.39, 0.29) is 42.1 Å². The molecule has 0 saturated heterocycles. The SMILES string of the molecule is O=C(NS(=O)C1CC1)c1cc(C2CC2)c(OCC2CCC(C(F)(F)F)CC2)cc1F. The van der Waals surface area contributed by atoms with Gasteiger partial charge in [-0.25, -0.2) is 8.60 Å². The fraction of sp³-hybridized carbons (Fsp3) is 0.667. The van der Waals surface area contributed by atoms with Gasteiger partial charge in [0.2, 0.25) is 0 Å². The summed E-state index contributed by atoms with van der Waals surface area (Å²) in [6.45, 7) is 0.237. The second kappa shape index (κ2) is 8.48. The zero-order valence-corrected chi connectivity index (χ0v) is 17.3. The summed E-state index contributed by atoms with van der Waals surface area (Å²) in [6, 6.07) is 2.66. The summed E-state index contributed by atoms with van der Waals surface area (Å²) in [7, 11) is -1.50. The van der Waals surface area contributed by atoms with Gasteiger partial charge in [-0.3, -0.25) is 9.52 Å². The number of carbonyl (C=O) groups excluding carboxylic acids is 1. The molecule has 0 heterocycles. The number of rotatable bonds is 7. The van der Waals surface area contributed by atoms with E-state index in [2.05, 4.69) is 4.72 Å². The molecule has 3 aliphatic rings. The smallest absolute Gasteiger partial charge is 0.391 e. The standard InChI is InChI=1S/C21H25F4NO3S/c22-18-10-19(29-11-12-1-5-14(6-2-12)21(23,24)25)16(13-3-4-13)9-17(18)20(27)26-30(28)15-7-8-15/h9-10,12-15H,1-8,11H2,(H,26,27). The summed E-state index contributed by atoms with van der Waals surface area (Å²) >= 11 is 0. The molecule has 1 unspecified atom stereocenters. The quantitative estimate of drug-likeness (QED) is 0.598. The average Bonchev–Trinajstić information content (AvgIpc) is 3.58. The van der Waals surface area contributed by atoms with Crippen LogP contribution in [0, 0.1) is 17.7 Å². The van der Waals surface area contributed by atoms with Gasteiger partial charge in [-0.15, -0.1) is 0 Å². The molecule has 0 aromatic heterocycles. The van der Waals surface area contributed by atoms with Crippen molar-refractivity contribution in [3.63, 3.8) is 0 Å². The lowest BCUT2D eigenvalue weighted by atomic mass is 9.82. The Morgan fingerprint density at radius 2 is 1.73 bits per heavy atom. The number of nitrogens with one attached hydrogen (secondary N) is 1. The number of halogens is 4. The number of alkyl halides is 3. The minimum absolute atomic E-state index is 0.00246. The summed E-state index contributed by atoms with van der Waals surface area (Å²) in [5, 5.41) is -0.0463. The van der Waals surface area contributed by atoms with Gasteiger partial charge in [0, 0.05) is 6.07 Å². The van der Waals surface area contributed by atoms with Crippen molar-refractivity contribution in [1.82, 2.24) is 4.72 Å². The van der Waals surface area contributed by atoms with Crippen molar-refractivity contribution in [1.29, 1.82) is 0 Å². The van der Waals surface area contributed by atoms with Crippen molar-refractivity contribution in [3.8, 4) is 5.75 Å². The fourth-order valence-corrected chi connectivity index (χ4v) is 4.98. The Kier molecular flexibility index (Phi) is 6.10. The molecule has 1 aromatic rings. The zero-order valence-electron chi connectivity index (χ0n) is 16.5. The first-order valence-electron chi connectivity index (χ1n) is 10.5. The van der Waals surface area contributed by atoms with Gasteiger partial charge in [0.15, 0.2) is 0 Å². The molecule has 4 nitrogen and oxygen atoms in total. The Morgan fingerprint density at radius 1 is 1.07 bits per heavy atom. The van der Waals surface area contributed by atoms with Crippen LogP contribution in [0.1, 0.15) is 73.2 Å². The van der Waals surface area contributed by atoms with Crippen molar-refractivity contribution in [2.45, 2.75) is 68.7 Å². The van der Waals surface area contributed by atoms with Gasteiger partial charge in [-0.2, -0.15) is 13.2 Å². The van der Waals surface area contributed by atoms with E-state index in [1.165, 1.54) is 12.1 Å². The second-order valence-corrected chi connectivity index (χ2v) is 10.1. The third-order valence-electron chi connectivity index (χ3n) is 6.17. The highest BCUT2D eigenvalue weighted by molar-refractivity contribution is 7.84. The molecular formula is C21H25F4NO3S. The van der Waals surface area contributed by atoms with Gasteiger partial charge in [-0.05, 0) is 74.8 Å². The molecule has 0 aliphatic heterocycles. The molecule has 3 aliphatic carbocycles. The van der Waals surface area contributed by atoms with E-state index in [4.69, 9.17) is 4.74 Å².